The van der Waals surface area contributed by atoms with Crippen LogP contribution in [0.25, 0.3) is 0 Å². The van der Waals surface area contributed by atoms with E-state index >= 15 is 0 Å². The molecule has 1 saturated carbocycles. The summed E-state index contributed by atoms with van der Waals surface area (Å²) >= 11 is 0. The SMILES string of the molecule is COc1ccccc1S(=O)C1CCCCCC1CN. The zero-order chi connectivity index (χ0) is 13.7. The van der Waals surface area contributed by atoms with E-state index in [1.807, 2.05) is 24.3 Å². The molecule has 106 valence electrons. The van der Waals surface area contributed by atoms with E-state index in [1.165, 1.54) is 12.8 Å². The van der Waals surface area contributed by atoms with Crippen LogP contribution in [0.1, 0.15) is 32.1 Å². The summed E-state index contributed by atoms with van der Waals surface area (Å²) in [6.07, 6.45) is 5.70. The van der Waals surface area contributed by atoms with E-state index in [0.717, 1.165) is 29.9 Å². The van der Waals surface area contributed by atoms with Crippen molar-refractivity contribution in [2.45, 2.75) is 42.2 Å². The summed E-state index contributed by atoms with van der Waals surface area (Å²) in [5.41, 5.74) is 5.88. The lowest BCUT2D eigenvalue weighted by atomic mass is 10.0. The molecule has 1 aromatic rings. The second kappa shape index (κ2) is 7.06. The Morgan fingerprint density at radius 1 is 1.26 bits per heavy atom. The monoisotopic (exact) mass is 281 g/mol. The number of methoxy groups -OCH3 is 1. The molecule has 0 aromatic heterocycles. The van der Waals surface area contributed by atoms with Gasteiger partial charge in [-0.1, -0.05) is 31.4 Å². The predicted octanol–water partition coefficient (Wildman–Crippen LogP) is 2.71. The summed E-state index contributed by atoms with van der Waals surface area (Å²) in [4.78, 5) is 0.815. The first kappa shape index (κ1) is 14.5. The lowest BCUT2D eigenvalue weighted by Gasteiger charge is -2.23. The first-order valence-electron chi connectivity index (χ1n) is 7.01. The highest BCUT2D eigenvalue weighted by molar-refractivity contribution is 7.85. The van der Waals surface area contributed by atoms with Gasteiger partial charge in [0.1, 0.15) is 5.75 Å². The Kier molecular flexibility index (Phi) is 5.40. The van der Waals surface area contributed by atoms with Crippen LogP contribution in [0.15, 0.2) is 29.2 Å². The van der Waals surface area contributed by atoms with Crippen molar-refractivity contribution in [2.75, 3.05) is 13.7 Å². The highest BCUT2D eigenvalue weighted by Gasteiger charge is 2.29. The fraction of sp³-hybridized carbons (Fsp3) is 0.600. The van der Waals surface area contributed by atoms with Gasteiger partial charge >= 0.3 is 0 Å². The quantitative estimate of drug-likeness (QED) is 0.863. The third-order valence-corrected chi connectivity index (χ3v) is 5.89. The molecule has 0 saturated heterocycles. The largest absolute Gasteiger partial charge is 0.495 e. The van der Waals surface area contributed by atoms with E-state index in [9.17, 15) is 4.21 Å². The molecule has 0 aliphatic heterocycles. The fourth-order valence-electron chi connectivity index (χ4n) is 2.85. The maximum absolute atomic E-state index is 12.9. The van der Waals surface area contributed by atoms with Crippen molar-refractivity contribution in [2.24, 2.45) is 11.7 Å². The molecule has 1 aromatic carbocycles. The smallest absolute Gasteiger partial charge is 0.134 e. The van der Waals surface area contributed by atoms with Gasteiger partial charge in [-0.2, -0.15) is 0 Å². The van der Waals surface area contributed by atoms with E-state index in [2.05, 4.69) is 0 Å². The van der Waals surface area contributed by atoms with Gasteiger partial charge in [-0.05, 0) is 37.4 Å². The zero-order valence-corrected chi connectivity index (χ0v) is 12.3. The maximum Gasteiger partial charge on any atom is 0.134 e. The van der Waals surface area contributed by atoms with Crippen LogP contribution < -0.4 is 10.5 Å². The first-order valence-corrected chi connectivity index (χ1v) is 8.23. The van der Waals surface area contributed by atoms with Gasteiger partial charge in [0.15, 0.2) is 0 Å². The van der Waals surface area contributed by atoms with Crippen LogP contribution in [0, 0.1) is 5.92 Å². The number of hydrogen-bond donors (Lipinski definition) is 1. The van der Waals surface area contributed by atoms with Gasteiger partial charge in [0.2, 0.25) is 0 Å². The highest BCUT2D eigenvalue weighted by atomic mass is 32.2. The minimum absolute atomic E-state index is 0.170. The molecule has 4 heteroatoms. The fourth-order valence-corrected chi connectivity index (χ4v) is 4.72. The van der Waals surface area contributed by atoms with Gasteiger partial charge in [-0.15, -0.1) is 0 Å². The summed E-state index contributed by atoms with van der Waals surface area (Å²) in [5, 5.41) is 0.170. The molecule has 0 bridgehead atoms. The molecule has 1 fully saturated rings. The van der Waals surface area contributed by atoms with Crippen molar-refractivity contribution in [3.63, 3.8) is 0 Å². The second-order valence-electron chi connectivity index (χ2n) is 5.12. The normalized spacial score (nSPS) is 25.6. The van der Waals surface area contributed by atoms with Gasteiger partial charge in [0, 0.05) is 5.25 Å². The Morgan fingerprint density at radius 2 is 2.00 bits per heavy atom. The summed E-state index contributed by atoms with van der Waals surface area (Å²) < 4.78 is 18.2. The standard InChI is InChI=1S/C15H23NO2S/c1-18-13-8-5-6-10-15(13)19(17)14-9-4-2-3-7-12(14)11-16/h5-6,8,10,12,14H,2-4,7,9,11,16H2,1H3. The molecule has 1 aliphatic rings. The van der Waals surface area contributed by atoms with Crippen LogP contribution in [0.3, 0.4) is 0 Å². The summed E-state index contributed by atoms with van der Waals surface area (Å²) in [6, 6.07) is 7.62. The Morgan fingerprint density at radius 3 is 2.74 bits per heavy atom. The summed E-state index contributed by atoms with van der Waals surface area (Å²) in [6.45, 7) is 0.631. The predicted molar refractivity (Wildman–Crippen MR) is 78.8 cm³/mol. The minimum atomic E-state index is -1.03. The molecule has 0 spiro atoms. The number of para-hydroxylation sites is 1. The van der Waals surface area contributed by atoms with Gasteiger partial charge in [-0.3, -0.25) is 4.21 Å². The van der Waals surface area contributed by atoms with Crippen LogP contribution in [0.4, 0.5) is 0 Å². The van der Waals surface area contributed by atoms with Crippen molar-refractivity contribution < 1.29 is 8.95 Å². The van der Waals surface area contributed by atoms with Gasteiger partial charge in [0.25, 0.3) is 0 Å². The van der Waals surface area contributed by atoms with Crippen molar-refractivity contribution in [1.82, 2.24) is 0 Å². The van der Waals surface area contributed by atoms with Gasteiger partial charge in [-0.25, -0.2) is 0 Å². The molecule has 2 N–H and O–H groups in total. The lowest BCUT2D eigenvalue weighted by molar-refractivity contribution is 0.403. The van der Waals surface area contributed by atoms with E-state index in [0.29, 0.717) is 12.5 Å². The van der Waals surface area contributed by atoms with Gasteiger partial charge < -0.3 is 10.5 Å². The van der Waals surface area contributed by atoms with Crippen LogP contribution in [0.5, 0.6) is 5.75 Å². The van der Waals surface area contributed by atoms with Crippen molar-refractivity contribution >= 4 is 10.8 Å². The molecule has 0 heterocycles. The number of rotatable bonds is 4. The number of nitrogens with two attached hydrogens (primary N) is 1. The third kappa shape index (κ3) is 3.37. The average Bonchev–Trinajstić information content (AvgIpc) is 2.71. The van der Waals surface area contributed by atoms with Crippen LogP contribution >= 0.6 is 0 Å². The molecule has 3 unspecified atom stereocenters. The summed E-state index contributed by atoms with van der Waals surface area (Å²) in [7, 11) is 0.601. The molecular formula is C15H23NO2S. The topological polar surface area (TPSA) is 52.3 Å². The Labute approximate surface area is 118 Å². The highest BCUT2D eigenvalue weighted by Crippen LogP contribution is 2.32. The molecule has 0 amide bonds. The first-order chi connectivity index (χ1) is 9.27. The van der Waals surface area contributed by atoms with E-state index in [4.69, 9.17) is 10.5 Å². The van der Waals surface area contributed by atoms with Crippen LogP contribution in [0.2, 0.25) is 0 Å². The van der Waals surface area contributed by atoms with Crippen molar-refractivity contribution in [3.8, 4) is 5.75 Å². The van der Waals surface area contributed by atoms with Crippen molar-refractivity contribution in [3.05, 3.63) is 24.3 Å². The van der Waals surface area contributed by atoms with Crippen LogP contribution in [-0.4, -0.2) is 23.1 Å². The number of hydrogen-bond acceptors (Lipinski definition) is 3. The van der Waals surface area contributed by atoms with Gasteiger partial charge in [0.05, 0.1) is 22.8 Å². The summed E-state index contributed by atoms with van der Waals surface area (Å²) in [5.74, 6) is 1.09. The van der Waals surface area contributed by atoms with Crippen LogP contribution in [-0.2, 0) is 10.8 Å². The molecule has 0 radical (unpaired) electrons. The van der Waals surface area contributed by atoms with Crippen molar-refractivity contribution in [1.29, 1.82) is 0 Å². The van der Waals surface area contributed by atoms with E-state index in [1.54, 1.807) is 7.11 Å². The molecule has 3 nitrogen and oxygen atoms in total. The number of ether oxygens (including phenoxy) is 1. The van der Waals surface area contributed by atoms with E-state index < -0.39 is 10.8 Å². The van der Waals surface area contributed by atoms with E-state index in [-0.39, 0.29) is 5.25 Å². The Hall–Kier alpha value is -0.870. The second-order valence-corrected chi connectivity index (χ2v) is 6.76. The number of benzene rings is 1. The average molecular weight is 281 g/mol. The molecule has 1 aliphatic carbocycles. The molecular weight excluding hydrogens is 258 g/mol. The molecule has 19 heavy (non-hydrogen) atoms. The minimum Gasteiger partial charge on any atom is -0.495 e. The molecule has 3 atom stereocenters. The maximum atomic E-state index is 12.9. The Bertz CT molecular complexity index is 436. The molecule has 2 rings (SSSR count). The third-order valence-electron chi connectivity index (χ3n) is 3.95. The Balaban J connectivity index is 2.25. The lowest BCUT2D eigenvalue weighted by Crippen LogP contribution is -2.30. The zero-order valence-electron chi connectivity index (χ0n) is 11.5.